The fourth-order valence-electron chi connectivity index (χ4n) is 3.67. The predicted octanol–water partition coefficient (Wildman–Crippen LogP) is 4.33. The Morgan fingerprint density at radius 1 is 1.16 bits per heavy atom. The van der Waals surface area contributed by atoms with E-state index in [9.17, 15) is 4.79 Å². The maximum atomic E-state index is 12.8. The number of aromatic nitrogens is 3. The average Bonchev–Trinajstić information content (AvgIpc) is 3.14. The predicted molar refractivity (Wildman–Crippen MR) is 128 cm³/mol. The number of rotatable bonds is 10. The number of carbonyl (C=O) groups is 1. The lowest BCUT2D eigenvalue weighted by Gasteiger charge is -2.30. The topological polar surface area (TPSA) is 66.0 Å². The van der Waals surface area contributed by atoms with E-state index in [4.69, 9.17) is 23.8 Å². The van der Waals surface area contributed by atoms with Crippen LogP contribution in [0.15, 0.2) is 54.6 Å². The number of carbonyl (C=O) groups excluding carboxylic acids is 1. The molecule has 164 valence electrons. The first-order valence-corrected chi connectivity index (χ1v) is 11.3. The van der Waals surface area contributed by atoms with Crippen LogP contribution < -0.4 is 5.32 Å². The second-order valence-electron chi connectivity index (χ2n) is 7.31. The lowest BCUT2D eigenvalue weighted by Crippen LogP contribution is -2.45. The highest BCUT2D eigenvalue weighted by atomic mass is 35.5. The van der Waals surface area contributed by atoms with E-state index >= 15 is 0 Å². The smallest absolute Gasteiger partial charge is 0.240 e. The maximum absolute atomic E-state index is 12.8. The summed E-state index contributed by atoms with van der Waals surface area (Å²) in [5, 5.41) is 10.8. The molecule has 1 unspecified atom stereocenters. The second kappa shape index (κ2) is 11.2. The number of halogens is 1. The molecule has 3 rings (SSSR count). The molecule has 0 radical (unpaired) electrons. The van der Waals surface area contributed by atoms with Crippen molar-refractivity contribution >= 4 is 29.7 Å². The van der Waals surface area contributed by atoms with Gasteiger partial charge in [-0.05, 0) is 61.6 Å². The first-order valence-electron chi connectivity index (χ1n) is 10.5. The molecule has 0 fully saturated rings. The quantitative estimate of drug-likeness (QED) is 0.445. The van der Waals surface area contributed by atoms with Gasteiger partial charge < -0.3 is 5.32 Å². The van der Waals surface area contributed by atoms with Crippen LogP contribution in [0.5, 0.6) is 0 Å². The van der Waals surface area contributed by atoms with Gasteiger partial charge in [0.05, 0.1) is 0 Å². The largest absolute Gasteiger partial charge is 0.353 e. The number of H-pyrrole nitrogens is 1. The molecular weight excluding hydrogens is 430 g/mol. The number of benzene rings is 2. The zero-order valence-corrected chi connectivity index (χ0v) is 19.4. The number of amides is 1. The van der Waals surface area contributed by atoms with Crippen molar-refractivity contribution in [1.82, 2.24) is 25.0 Å². The van der Waals surface area contributed by atoms with Gasteiger partial charge in [-0.1, -0.05) is 55.8 Å². The Balaban J connectivity index is 1.69. The monoisotopic (exact) mass is 457 g/mol. The second-order valence-corrected chi connectivity index (χ2v) is 8.14. The molecule has 0 aliphatic carbocycles. The molecule has 0 saturated carbocycles. The zero-order chi connectivity index (χ0) is 22.2. The Hall–Kier alpha value is -2.48. The van der Waals surface area contributed by atoms with E-state index in [2.05, 4.69) is 46.4 Å². The maximum Gasteiger partial charge on any atom is 0.240 e. The fraction of sp³-hybridized carbons (Fsp3) is 0.348. The van der Waals surface area contributed by atoms with Crippen LogP contribution in [0.3, 0.4) is 0 Å². The van der Waals surface area contributed by atoms with E-state index in [-0.39, 0.29) is 18.5 Å². The molecule has 0 aliphatic heterocycles. The Bertz CT molecular complexity index is 1030. The van der Waals surface area contributed by atoms with Gasteiger partial charge in [0, 0.05) is 23.2 Å². The molecule has 2 aromatic carbocycles. The SMILES string of the molecule is CCN(CC)C(CNC(=O)Cn1c(-c2ccc(Cl)cc2)n[nH]c1=S)Cc1ccccc1. The van der Waals surface area contributed by atoms with Crippen molar-refractivity contribution in [2.45, 2.75) is 32.9 Å². The van der Waals surface area contributed by atoms with Gasteiger partial charge in [-0.2, -0.15) is 5.10 Å². The van der Waals surface area contributed by atoms with Gasteiger partial charge in [0.15, 0.2) is 10.6 Å². The Kier molecular flexibility index (Phi) is 8.40. The third-order valence-corrected chi connectivity index (χ3v) is 5.90. The molecule has 31 heavy (non-hydrogen) atoms. The molecule has 1 aromatic heterocycles. The standard InChI is InChI=1S/C23H28ClN5OS/c1-3-28(4-2)20(14-17-8-6-5-7-9-17)15-25-21(30)16-29-22(26-27-23(29)31)18-10-12-19(24)13-11-18/h5-13,20H,3-4,14-16H2,1-2H3,(H,25,30)(H,27,31). The van der Waals surface area contributed by atoms with Crippen molar-refractivity contribution in [3.05, 3.63) is 70.0 Å². The lowest BCUT2D eigenvalue weighted by molar-refractivity contribution is -0.121. The van der Waals surface area contributed by atoms with Crippen molar-refractivity contribution < 1.29 is 4.79 Å². The number of likely N-dealkylation sites (N-methyl/N-ethyl adjacent to an activating group) is 1. The first-order chi connectivity index (χ1) is 15.0. The highest BCUT2D eigenvalue weighted by Gasteiger charge is 2.18. The van der Waals surface area contributed by atoms with Crippen molar-refractivity contribution in [3.63, 3.8) is 0 Å². The molecule has 6 nitrogen and oxygen atoms in total. The third kappa shape index (κ3) is 6.26. The highest BCUT2D eigenvalue weighted by molar-refractivity contribution is 7.71. The van der Waals surface area contributed by atoms with Crippen LogP contribution in [0, 0.1) is 4.77 Å². The van der Waals surface area contributed by atoms with Crippen molar-refractivity contribution in [1.29, 1.82) is 0 Å². The fourth-order valence-corrected chi connectivity index (χ4v) is 3.99. The number of nitrogens with one attached hydrogen (secondary N) is 2. The molecular formula is C23H28ClN5OS. The summed E-state index contributed by atoms with van der Waals surface area (Å²) in [6.07, 6.45) is 0.879. The number of hydrogen-bond donors (Lipinski definition) is 2. The van der Waals surface area contributed by atoms with Gasteiger partial charge in [-0.3, -0.25) is 19.4 Å². The number of nitrogens with zero attached hydrogens (tertiary/aromatic N) is 3. The molecule has 1 heterocycles. The van der Waals surface area contributed by atoms with Crippen LogP contribution in [0.4, 0.5) is 0 Å². The van der Waals surface area contributed by atoms with Gasteiger partial charge in [0.25, 0.3) is 0 Å². The van der Waals surface area contributed by atoms with Crippen LogP contribution in [-0.4, -0.2) is 51.2 Å². The molecule has 3 aromatic rings. The molecule has 0 saturated heterocycles. The third-order valence-electron chi connectivity index (χ3n) is 5.34. The minimum absolute atomic E-state index is 0.0991. The lowest BCUT2D eigenvalue weighted by atomic mass is 10.0. The molecule has 2 N–H and O–H groups in total. The van der Waals surface area contributed by atoms with E-state index in [1.807, 2.05) is 30.3 Å². The molecule has 8 heteroatoms. The normalized spacial score (nSPS) is 12.1. The molecule has 1 atom stereocenters. The Morgan fingerprint density at radius 3 is 2.48 bits per heavy atom. The summed E-state index contributed by atoms with van der Waals surface area (Å²) in [4.78, 5) is 15.2. The van der Waals surface area contributed by atoms with Gasteiger partial charge in [-0.15, -0.1) is 0 Å². The Labute approximate surface area is 193 Å². The van der Waals surface area contributed by atoms with Gasteiger partial charge in [0.2, 0.25) is 5.91 Å². The molecule has 0 spiro atoms. The van der Waals surface area contributed by atoms with E-state index in [1.165, 1.54) is 5.56 Å². The van der Waals surface area contributed by atoms with E-state index in [0.29, 0.717) is 22.2 Å². The molecule has 0 aliphatic rings. The van der Waals surface area contributed by atoms with Gasteiger partial charge in [0.1, 0.15) is 6.54 Å². The minimum atomic E-state index is -0.0991. The first kappa shape index (κ1) is 23.2. The van der Waals surface area contributed by atoms with Crippen LogP contribution in [0.1, 0.15) is 19.4 Å². The van der Waals surface area contributed by atoms with Crippen LogP contribution in [0.2, 0.25) is 5.02 Å². The van der Waals surface area contributed by atoms with Gasteiger partial charge >= 0.3 is 0 Å². The van der Waals surface area contributed by atoms with Crippen LogP contribution >= 0.6 is 23.8 Å². The van der Waals surface area contributed by atoms with Crippen LogP contribution in [-0.2, 0) is 17.8 Å². The van der Waals surface area contributed by atoms with Crippen LogP contribution in [0.25, 0.3) is 11.4 Å². The van der Waals surface area contributed by atoms with Crippen molar-refractivity contribution in [2.24, 2.45) is 0 Å². The van der Waals surface area contributed by atoms with E-state index in [0.717, 1.165) is 25.1 Å². The number of aromatic amines is 1. The summed E-state index contributed by atoms with van der Waals surface area (Å²) in [6.45, 7) is 6.81. The zero-order valence-electron chi connectivity index (χ0n) is 17.8. The summed E-state index contributed by atoms with van der Waals surface area (Å²) >= 11 is 11.3. The van der Waals surface area contributed by atoms with Crippen molar-refractivity contribution in [3.8, 4) is 11.4 Å². The van der Waals surface area contributed by atoms with E-state index in [1.54, 1.807) is 16.7 Å². The van der Waals surface area contributed by atoms with Gasteiger partial charge in [-0.25, -0.2) is 0 Å². The van der Waals surface area contributed by atoms with E-state index < -0.39 is 0 Å². The summed E-state index contributed by atoms with van der Waals surface area (Å²) in [7, 11) is 0. The number of hydrogen-bond acceptors (Lipinski definition) is 4. The summed E-state index contributed by atoms with van der Waals surface area (Å²) < 4.78 is 2.11. The van der Waals surface area contributed by atoms with Crippen molar-refractivity contribution in [2.75, 3.05) is 19.6 Å². The Morgan fingerprint density at radius 2 is 1.84 bits per heavy atom. The summed E-state index contributed by atoms with van der Waals surface area (Å²) in [5.74, 6) is 0.513. The molecule has 1 amide bonds. The highest BCUT2D eigenvalue weighted by Crippen LogP contribution is 2.20. The minimum Gasteiger partial charge on any atom is -0.353 e. The summed E-state index contributed by atoms with van der Waals surface area (Å²) in [5.41, 5.74) is 2.10. The average molecular weight is 458 g/mol. The molecule has 0 bridgehead atoms. The summed E-state index contributed by atoms with van der Waals surface area (Å²) in [6, 6.07) is 17.9.